The lowest BCUT2D eigenvalue weighted by atomic mass is 10.2. The maximum absolute atomic E-state index is 12.5. The van der Waals surface area contributed by atoms with E-state index in [1.54, 1.807) is 11.0 Å². The van der Waals surface area contributed by atoms with Gasteiger partial charge in [0, 0.05) is 38.2 Å². The number of carbonyl (C=O) groups excluding carboxylic acids is 2. The van der Waals surface area contributed by atoms with Crippen LogP contribution in [0, 0.1) is 5.92 Å². The van der Waals surface area contributed by atoms with Crippen molar-refractivity contribution in [3.63, 3.8) is 0 Å². The van der Waals surface area contributed by atoms with E-state index in [0.29, 0.717) is 44.4 Å². The number of aromatic nitrogens is 2. The number of ether oxygens (including phenoxy) is 1. The van der Waals surface area contributed by atoms with E-state index in [-0.39, 0.29) is 17.7 Å². The van der Waals surface area contributed by atoms with Gasteiger partial charge in [-0.1, -0.05) is 0 Å². The van der Waals surface area contributed by atoms with E-state index >= 15 is 0 Å². The van der Waals surface area contributed by atoms with Crippen molar-refractivity contribution in [3.05, 3.63) is 18.1 Å². The Balaban J connectivity index is 1.59. The highest BCUT2D eigenvalue weighted by Gasteiger charge is 2.35. The molecule has 1 aromatic heterocycles. The van der Waals surface area contributed by atoms with E-state index in [9.17, 15) is 9.59 Å². The monoisotopic (exact) mass is 304 g/mol. The second kappa shape index (κ2) is 6.29. The number of piperazine rings is 1. The van der Waals surface area contributed by atoms with Crippen molar-refractivity contribution in [1.82, 2.24) is 19.8 Å². The van der Waals surface area contributed by atoms with Crippen LogP contribution in [-0.4, -0.2) is 64.4 Å². The summed E-state index contributed by atoms with van der Waals surface area (Å²) in [4.78, 5) is 36.1. The first-order valence-electron chi connectivity index (χ1n) is 7.72. The lowest BCUT2D eigenvalue weighted by Crippen LogP contribution is -2.51. The lowest BCUT2D eigenvalue weighted by molar-refractivity contribution is -0.134. The first kappa shape index (κ1) is 14.7. The smallest absolute Gasteiger partial charge is 0.272 e. The predicted octanol–water partition coefficient (Wildman–Crippen LogP) is 0.570. The molecule has 22 heavy (non-hydrogen) atoms. The maximum atomic E-state index is 12.5. The maximum Gasteiger partial charge on any atom is 0.272 e. The zero-order valence-corrected chi connectivity index (χ0v) is 12.7. The standard InChI is InChI=1S/C15H20N4O3/c1-2-22-13-9-12(16-10-17-13)15(21)19-7-5-18(6-8-19)14(20)11-3-4-11/h9-11H,2-8H2,1H3. The molecular weight excluding hydrogens is 284 g/mol. The summed E-state index contributed by atoms with van der Waals surface area (Å²) in [6.45, 7) is 4.65. The number of amides is 2. The summed E-state index contributed by atoms with van der Waals surface area (Å²) < 4.78 is 5.29. The van der Waals surface area contributed by atoms with Crippen molar-refractivity contribution in [3.8, 4) is 5.88 Å². The minimum atomic E-state index is -0.137. The molecule has 3 rings (SSSR count). The van der Waals surface area contributed by atoms with Gasteiger partial charge in [0.05, 0.1) is 6.61 Å². The van der Waals surface area contributed by atoms with Crippen LogP contribution in [0.1, 0.15) is 30.3 Å². The highest BCUT2D eigenvalue weighted by atomic mass is 16.5. The molecule has 1 saturated carbocycles. The summed E-state index contributed by atoms with van der Waals surface area (Å²) in [6, 6.07) is 1.56. The van der Waals surface area contributed by atoms with Gasteiger partial charge in [-0.25, -0.2) is 9.97 Å². The number of hydrogen-bond acceptors (Lipinski definition) is 5. The minimum absolute atomic E-state index is 0.137. The molecule has 0 N–H and O–H groups in total. The Labute approximate surface area is 129 Å². The van der Waals surface area contributed by atoms with E-state index < -0.39 is 0 Å². The van der Waals surface area contributed by atoms with E-state index in [4.69, 9.17) is 4.74 Å². The number of carbonyl (C=O) groups is 2. The molecular formula is C15H20N4O3. The van der Waals surface area contributed by atoms with Crippen molar-refractivity contribution in [2.75, 3.05) is 32.8 Å². The zero-order valence-electron chi connectivity index (χ0n) is 12.7. The van der Waals surface area contributed by atoms with Crippen molar-refractivity contribution in [1.29, 1.82) is 0 Å². The molecule has 0 radical (unpaired) electrons. The van der Waals surface area contributed by atoms with Crippen LogP contribution < -0.4 is 4.74 Å². The molecule has 7 heteroatoms. The van der Waals surface area contributed by atoms with Crippen molar-refractivity contribution >= 4 is 11.8 Å². The molecule has 0 aromatic carbocycles. The Kier molecular flexibility index (Phi) is 4.22. The molecule has 1 aromatic rings. The van der Waals surface area contributed by atoms with E-state index in [1.807, 2.05) is 11.8 Å². The molecule has 1 saturated heterocycles. The molecule has 0 spiro atoms. The van der Waals surface area contributed by atoms with Gasteiger partial charge in [0.25, 0.3) is 5.91 Å². The van der Waals surface area contributed by atoms with Gasteiger partial charge in [-0.15, -0.1) is 0 Å². The van der Waals surface area contributed by atoms with Gasteiger partial charge < -0.3 is 14.5 Å². The van der Waals surface area contributed by atoms with Crippen LogP contribution in [0.2, 0.25) is 0 Å². The Bertz CT molecular complexity index is 566. The highest BCUT2D eigenvalue weighted by molar-refractivity contribution is 5.92. The first-order valence-corrected chi connectivity index (χ1v) is 7.72. The second-order valence-electron chi connectivity index (χ2n) is 5.57. The topological polar surface area (TPSA) is 75.6 Å². The average Bonchev–Trinajstić information content (AvgIpc) is 3.39. The normalized spacial score (nSPS) is 18.2. The molecule has 7 nitrogen and oxygen atoms in total. The van der Waals surface area contributed by atoms with Crippen LogP contribution in [-0.2, 0) is 4.79 Å². The average molecular weight is 304 g/mol. The third-order valence-corrected chi connectivity index (χ3v) is 3.96. The van der Waals surface area contributed by atoms with Gasteiger partial charge >= 0.3 is 0 Å². The van der Waals surface area contributed by atoms with Crippen LogP contribution in [0.3, 0.4) is 0 Å². The molecule has 0 bridgehead atoms. The van der Waals surface area contributed by atoms with Crippen molar-refractivity contribution in [2.45, 2.75) is 19.8 Å². The first-order chi connectivity index (χ1) is 10.7. The zero-order chi connectivity index (χ0) is 15.5. The van der Waals surface area contributed by atoms with Crippen molar-refractivity contribution < 1.29 is 14.3 Å². The van der Waals surface area contributed by atoms with Crippen molar-refractivity contribution in [2.24, 2.45) is 5.92 Å². The lowest BCUT2D eigenvalue weighted by Gasteiger charge is -2.34. The summed E-state index contributed by atoms with van der Waals surface area (Å²) in [5.41, 5.74) is 0.334. The number of rotatable bonds is 4. The predicted molar refractivity (Wildman–Crippen MR) is 78.4 cm³/mol. The summed E-state index contributed by atoms with van der Waals surface area (Å²) in [5, 5.41) is 0. The summed E-state index contributed by atoms with van der Waals surface area (Å²) in [5.74, 6) is 0.746. The van der Waals surface area contributed by atoms with Gasteiger partial charge in [0.15, 0.2) is 0 Å². The van der Waals surface area contributed by atoms with E-state index in [0.717, 1.165) is 12.8 Å². The molecule has 0 unspecified atom stereocenters. The number of nitrogens with zero attached hydrogens (tertiary/aromatic N) is 4. The molecule has 118 valence electrons. The van der Waals surface area contributed by atoms with Crippen LogP contribution in [0.5, 0.6) is 5.88 Å². The van der Waals surface area contributed by atoms with Gasteiger partial charge in [-0.05, 0) is 19.8 Å². The third-order valence-electron chi connectivity index (χ3n) is 3.96. The summed E-state index contributed by atoms with van der Waals surface area (Å²) in [6.07, 6.45) is 3.36. The molecule has 0 atom stereocenters. The summed E-state index contributed by atoms with van der Waals surface area (Å²) >= 11 is 0. The van der Waals surface area contributed by atoms with Gasteiger partial charge in [0.2, 0.25) is 11.8 Å². The SMILES string of the molecule is CCOc1cc(C(=O)N2CCN(C(=O)C3CC3)CC2)ncn1. The fourth-order valence-corrected chi connectivity index (χ4v) is 2.56. The Hall–Kier alpha value is -2.18. The third kappa shape index (κ3) is 3.18. The molecule has 2 aliphatic rings. The van der Waals surface area contributed by atoms with E-state index in [2.05, 4.69) is 9.97 Å². The molecule has 2 amide bonds. The minimum Gasteiger partial charge on any atom is -0.478 e. The largest absolute Gasteiger partial charge is 0.478 e. The Morgan fingerprint density at radius 3 is 2.50 bits per heavy atom. The molecule has 2 heterocycles. The van der Waals surface area contributed by atoms with Gasteiger partial charge in [0.1, 0.15) is 12.0 Å². The Morgan fingerprint density at radius 1 is 1.18 bits per heavy atom. The van der Waals surface area contributed by atoms with Crippen LogP contribution >= 0.6 is 0 Å². The van der Waals surface area contributed by atoms with Crippen LogP contribution in [0.15, 0.2) is 12.4 Å². The number of hydrogen-bond donors (Lipinski definition) is 0. The molecule has 2 fully saturated rings. The fourth-order valence-electron chi connectivity index (χ4n) is 2.56. The molecule has 1 aliphatic carbocycles. The second-order valence-corrected chi connectivity index (χ2v) is 5.57. The van der Waals surface area contributed by atoms with E-state index in [1.165, 1.54) is 6.33 Å². The summed E-state index contributed by atoms with van der Waals surface area (Å²) in [7, 11) is 0. The van der Waals surface area contributed by atoms with Crippen LogP contribution in [0.4, 0.5) is 0 Å². The fraction of sp³-hybridized carbons (Fsp3) is 0.600. The highest BCUT2D eigenvalue weighted by Crippen LogP contribution is 2.31. The Morgan fingerprint density at radius 2 is 1.86 bits per heavy atom. The molecule has 1 aliphatic heterocycles. The van der Waals surface area contributed by atoms with Gasteiger partial charge in [-0.2, -0.15) is 0 Å². The van der Waals surface area contributed by atoms with Crippen LogP contribution in [0.25, 0.3) is 0 Å². The van der Waals surface area contributed by atoms with Gasteiger partial charge in [-0.3, -0.25) is 9.59 Å². The quantitative estimate of drug-likeness (QED) is 0.813.